The molecule has 14 heavy (non-hydrogen) atoms. The van der Waals surface area contributed by atoms with Crippen LogP contribution in [0.2, 0.25) is 0 Å². The Bertz CT molecular complexity index is 509. The highest BCUT2D eigenvalue weighted by Gasteiger charge is 2.05. The number of fused-ring (bicyclic) bond motifs is 1. The molecule has 0 aliphatic rings. The van der Waals surface area contributed by atoms with Crippen molar-refractivity contribution in [3.63, 3.8) is 0 Å². The van der Waals surface area contributed by atoms with Crippen molar-refractivity contribution in [3.05, 3.63) is 33.2 Å². The lowest BCUT2D eigenvalue weighted by molar-refractivity contribution is 0.469. The van der Waals surface area contributed by atoms with Crippen molar-refractivity contribution in [1.29, 1.82) is 0 Å². The molecular formula is C10H6Br2O2. The number of benzene rings is 2. The molecule has 2 rings (SSSR count). The minimum atomic E-state index is 0.120. The fourth-order valence-corrected chi connectivity index (χ4v) is 2.14. The van der Waals surface area contributed by atoms with Gasteiger partial charge in [-0.15, -0.1) is 0 Å². The number of phenolic OH excluding ortho intramolecular Hbond substituents is 2. The van der Waals surface area contributed by atoms with Gasteiger partial charge in [0.15, 0.2) is 0 Å². The summed E-state index contributed by atoms with van der Waals surface area (Å²) in [4.78, 5) is 0. The number of phenols is 2. The molecule has 0 fully saturated rings. The van der Waals surface area contributed by atoms with Crippen molar-refractivity contribution >= 4 is 42.6 Å². The largest absolute Gasteiger partial charge is 0.507 e. The average molecular weight is 318 g/mol. The molecule has 4 heteroatoms. The van der Waals surface area contributed by atoms with Gasteiger partial charge in [-0.1, -0.05) is 15.9 Å². The molecular weight excluding hydrogens is 312 g/mol. The van der Waals surface area contributed by atoms with E-state index >= 15 is 0 Å². The van der Waals surface area contributed by atoms with Crippen LogP contribution in [0, 0.1) is 0 Å². The number of halogens is 2. The third-order valence-electron chi connectivity index (χ3n) is 1.96. The van der Waals surface area contributed by atoms with E-state index in [1.807, 2.05) is 6.07 Å². The van der Waals surface area contributed by atoms with Crippen LogP contribution in [0.4, 0.5) is 0 Å². The van der Waals surface area contributed by atoms with E-state index in [4.69, 9.17) is 0 Å². The van der Waals surface area contributed by atoms with Gasteiger partial charge in [-0.25, -0.2) is 0 Å². The first-order chi connectivity index (χ1) is 6.58. The maximum Gasteiger partial charge on any atom is 0.130 e. The van der Waals surface area contributed by atoms with Crippen molar-refractivity contribution in [3.8, 4) is 11.5 Å². The highest BCUT2D eigenvalue weighted by Crippen LogP contribution is 2.35. The number of hydrogen-bond donors (Lipinski definition) is 2. The molecule has 2 aromatic rings. The SMILES string of the molecule is Oc1cc2c(O)cc(Br)cc2cc1Br. The normalized spacial score (nSPS) is 10.7. The second-order valence-electron chi connectivity index (χ2n) is 2.95. The molecule has 72 valence electrons. The Morgan fingerprint density at radius 2 is 1.57 bits per heavy atom. The van der Waals surface area contributed by atoms with Crippen LogP contribution in [0.1, 0.15) is 0 Å². The van der Waals surface area contributed by atoms with E-state index in [2.05, 4.69) is 31.9 Å². The van der Waals surface area contributed by atoms with Crippen LogP contribution in [-0.2, 0) is 0 Å². The molecule has 0 atom stereocenters. The first-order valence-corrected chi connectivity index (χ1v) is 5.47. The van der Waals surface area contributed by atoms with Gasteiger partial charge in [0.25, 0.3) is 0 Å². The lowest BCUT2D eigenvalue weighted by atomic mass is 10.1. The number of aromatic hydroxyl groups is 2. The maximum atomic E-state index is 9.61. The number of rotatable bonds is 0. The van der Waals surface area contributed by atoms with Gasteiger partial charge in [-0.2, -0.15) is 0 Å². The average Bonchev–Trinajstić information content (AvgIpc) is 2.08. The van der Waals surface area contributed by atoms with Crippen LogP contribution in [0.15, 0.2) is 33.2 Å². The molecule has 0 radical (unpaired) electrons. The summed E-state index contributed by atoms with van der Waals surface area (Å²) in [5.74, 6) is 0.271. The molecule has 2 aromatic carbocycles. The zero-order valence-corrected chi connectivity index (χ0v) is 10.1. The van der Waals surface area contributed by atoms with Gasteiger partial charge in [0.1, 0.15) is 11.5 Å². The Morgan fingerprint density at radius 1 is 0.857 bits per heavy atom. The van der Waals surface area contributed by atoms with Gasteiger partial charge in [0, 0.05) is 9.86 Å². The van der Waals surface area contributed by atoms with E-state index in [-0.39, 0.29) is 11.5 Å². The summed E-state index contributed by atoms with van der Waals surface area (Å²) in [5.41, 5.74) is 0. The van der Waals surface area contributed by atoms with Gasteiger partial charge in [0.05, 0.1) is 4.47 Å². The Balaban J connectivity index is 2.89. The molecule has 0 aliphatic carbocycles. The van der Waals surface area contributed by atoms with Gasteiger partial charge in [-0.3, -0.25) is 0 Å². The van der Waals surface area contributed by atoms with E-state index in [0.717, 1.165) is 9.86 Å². The van der Waals surface area contributed by atoms with Crippen molar-refractivity contribution in [2.24, 2.45) is 0 Å². The van der Waals surface area contributed by atoms with E-state index in [1.54, 1.807) is 12.1 Å². The summed E-state index contributed by atoms with van der Waals surface area (Å²) in [5, 5.41) is 20.5. The van der Waals surface area contributed by atoms with Crippen LogP contribution in [0.3, 0.4) is 0 Å². The smallest absolute Gasteiger partial charge is 0.130 e. The van der Waals surface area contributed by atoms with Crippen LogP contribution < -0.4 is 0 Å². The predicted octanol–water partition coefficient (Wildman–Crippen LogP) is 3.78. The van der Waals surface area contributed by atoms with Gasteiger partial charge >= 0.3 is 0 Å². The van der Waals surface area contributed by atoms with Crippen LogP contribution in [0.5, 0.6) is 11.5 Å². The molecule has 2 N–H and O–H groups in total. The Labute approximate surface area is 97.4 Å². The topological polar surface area (TPSA) is 40.5 Å². The van der Waals surface area contributed by atoms with E-state index < -0.39 is 0 Å². The second kappa shape index (κ2) is 3.44. The third kappa shape index (κ3) is 1.60. The molecule has 0 heterocycles. The molecule has 0 spiro atoms. The second-order valence-corrected chi connectivity index (χ2v) is 4.72. The van der Waals surface area contributed by atoms with Crippen molar-refractivity contribution in [1.82, 2.24) is 0 Å². The predicted molar refractivity (Wildman–Crippen MR) is 62.7 cm³/mol. The molecule has 2 nitrogen and oxygen atoms in total. The minimum absolute atomic E-state index is 0.120. The van der Waals surface area contributed by atoms with Crippen molar-refractivity contribution in [2.45, 2.75) is 0 Å². The highest BCUT2D eigenvalue weighted by atomic mass is 79.9. The van der Waals surface area contributed by atoms with E-state index in [9.17, 15) is 10.2 Å². The van der Waals surface area contributed by atoms with Crippen LogP contribution in [-0.4, -0.2) is 10.2 Å². The summed E-state index contributed by atoms with van der Waals surface area (Å²) in [6.07, 6.45) is 0. The van der Waals surface area contributed by atoms with Crippen LogP contribution in [0.25, 0.3) is 10.8 Å². The monoisotopic (exact) mass is 316 g/mol. The minimum Gasteiger partial charge on any atom is -0.507 e. The fourth-order valence-electron chi connectivity index (χ4n) is 1.32. The fraction of sp³-hybridized carbons (Fsp3) is 0. The molecule has 0 saturated carbocycles. The Kier molecular flexibility index (Phi) is 2.41. The summed E-state index contributed by atoms with van der Waals surface area (Å²) in [6, 6.07) is 6.76. The van der Waals surface area contributed by atoms with Gasteiger partial charge in [0.2, 0.25) is 0 Å². The lowest BCUT2D eigenvalue weighted by Crippen LogP contribution is -1.77. The number of hydrogen-bond acceptors (Lipinski definition) is 2. The third-order valence-corrected chi connectivity index (χ3v) is 3.06. The molecule has 0 aromatic heterocycles. The molecule has 0 saturated heterocycles. The Hall–Kier alpha value is -0.740. The van der Waals surface area contributed by atoms with Gasteiger partial charge < -0.3 is 10.2 Å². The zero-order valence-electron chi connectivity index (χ0n) is 6.96. The summed E-state index contributed by atoms with van der Waals surface area (Å²) in [7, 11) is 0. The standard InChI is InChI=1S/C10H6Br2O2/c11-6-1-5-2-8(12)10(14)4-7(5)9(13)3-6/h1-4,13-14H. The summed E-state index contributed by atoms with van der Waals surface area (Å²) >= 11 is 6.51. The highest BCUT2D eigenvalue weighted by molar-refractivity contribution is 9.10. The first-order valence-electron chi connectivity index (χ1n) is 3.88. The molecule has 0 aliphatic heterocycles. The zero-order chi connectivity index (χ0) is 10.3. The van der Waals surface area contributed by atoms with Crippen molar-refractivity contribution < 1.29 is 10.2 Å². The molecule has 0 unspecified atom stereocenters. The lowest BCUT2D eigenvalue weighted by Gasteiger charge is -2.04. The van der Waals surface area contributed by atoms with Crippen LogP contribution >= 0.6 is 31.9 Å². The summed E-state index contributed by atoms with van der Waals surface area (Å²) in [6.45, 7) is 0. The molecule has 0 amide bonds. The van der Waals surface area contributed by atoms with Gasteiger partial charge in [-0.05, 0) is 45.6 Å². The quantitative estimate of drug-likeness (QED) is 0.776. The summed E-state index contributed by atoms with van der Waals surface area (Å²) < 4.78 is 1.42. The molecule has 0 bridgehead atoms. The van der Waals surface area contributed by atoms with Crippen molar-refractivity contribution in [2.75, 3.05) is 0 Å². The van der Waals surface area contributed by atoms with E-state index in [0.29, 0.717) is 9.86 Å². The maximum absolute atomic E-state index is 9.61. The first kappa shape index (κ1) is 9.80. The van der Waals surface area contributed by atoms with E-state index in [1.165, 1.54) is 6.07 Å². The Morgan fingerprint density at radius 3 is 2.29 bits per heavy atom.